The van der Waals surface area contributed by atoms with Crippen molar-refractivity contribution in [3.8, 4) is 0 Å². The predicted molar refractivity (Wildman–Crippen MR) is 77.9 cm³/mol. The molecule has 7 nitrogen and oxygen atoms in total. The van der Waals surface area contributed by atoms with Crippen LogP contribution < -0.4 is 5.32 Å². The first-order valence-corrected chi connectivity index (χ1v) is 7.62. The van der Waals surface area contributed by atoms with Crippen LogP contribution in [0, 0.1) is 0 Å². The monoisotopic (exact) mass is 307 g/mol. The van der Waals surface area contributed by atoms with Crippen LogP contribution in [0.3, 0.4) is 0 Å². The first-order valence-electron chi connectivity index (χ1n) is 6.64. The SMILES string of the molecule is CC(C)c1noc(CCNC(=O)CSc2ncccn2)n1. The smallest absolute Gasteiger partial charge is 0.230 e. The van der Waals surface area contributed by atoms with Gasteiger partial charge in [0.25, 0.3) is 0 Å². The highest BCUT2D eigenvalue weighted by molar-refractivity contribution is 7.99. The van der Waals surface area contributed by atoms with E-state index in [0.29, 0.717) is 29.8 Å². The zero-order valence-corrected chi connectivity index (χ0v) is 12.8. The highest BCUT2D eigenvalue weighted by Gasteiger charge is 2.10. The van der Waals surface area contributed by atoms with E-state index in [1.165, 1.54) is 11.8 Å². The van der Waals surface area contributed by atoms with E-state index < -0.39 is 0 Å². The van der Waals surface area contributed by atoms with Crippen molar-refractivity contribution >= 4 is 17.7 Å². The van der Waals surface area contributed by atoms with Crippen molar-refractivity contribution in [1.82, 2.24) is 25.4 Å². The summed E-state index contributed by atoms with van der Waals surface area (Å²) < 4.78 is 5.10. The molecule has 0 aliphatic rings. The van der Waals surface area contributed by atoms with Crippen LogP contribution in [0.4, 0.5) is 0 Å². The molecular formula is C13H17N5O2S. The van der Waals surface area contributed by atoms with E-state index in [1.54, 1.807) is 18.5 Å². The van der Waals surface area contributed by atoms with Gasteiger partial charge < -0.3 is 9.84 Å². The van der Waals surface area contributed by atoms with E-state index in [2.05, 4.69) is 25.4 Å². The van der Waals surface area contributed by atoms with Gasteiger partial charge in [-0.05, 0) is 6.07 Å². The first kappa shape index (κ1) is 15.4. The van der Waals surface area contributed by atoms with Crippen molar-refractivity contribution in [2.75, 3.05) is 12.3 Å². The maximum Gasteiger partial charge on any atom is 0.230 e. The van der Waals surface area contributed by atoms with E-state index in [1.807, 2.05) is 13.8 Å². The molecule has 0 aliphatic heterocycles. The minimum atomic E-state index is -0.0731. The van der Waals surface area contributed by atoms with Crippen LogP contribution in [0.25, 0.3) is 0 Å². The van der Waals surface area contributed by atoms with Crippen molar-refractivity contribution < 1.29 is 9.32 Å². The summed E-state index contributed by atoms with van der Waals surface area (Å²) in [4.78, 5) is 24.0. The molecule has 0 aliphatic carbocycles. The number of aromatic nitrogens is 4. The Labute approximate surface area is 127 Å². The molecule has 2 rings (SSSR count). The third kappa shape index (κ3) is 5.14. The van der Waals surface area contributed by atoms with Crippen molar-refractivity contribution in [2.45, 2.75) is 31.3 Å². The summed E-state index contributed by atoms with van der Waals surface area (Å²) in [7, 11) is 0. The summed E-state index contributed by atoms with van der Waals surface area (Å²) in [6.45, 7) is 4.47. The van der Waals surface area contributed by atoms with Gasteiger partial charge >= 0.3 is 0 Å². The molecule has 0 saturated carbocycles. The molecule has 0 spiro atoms. The van der Waals surface area contributed by atoms with Gasteiger partial charge in [0.2, 0.25) is 11.8 Å². The molecule has 0 unspecified atom stereocenters. The first-order chi connectivity index (χ1) is 10.1. The van der Waals surface area contributed by atoms with Gasteiger partial charge in [-0.1, -0.05) is 30.8 Å². The zero-order chi connectivity index (χ0) is 15.1. The van der Waals surface area contributed by atoms with Crippen LogP contribution in [0.5, 0.6) is 0 Å². The average molecular weight is 307 g/mol. The van der Waals surface area contributed by atoms with E-state index >= 15 is 0 Å². The molecule has 0 atom stereocenters. The molecular weight excluding hydrogens is 290 g/mol. The number of hydrogen-bond acceptors (Lipinski definition) is 7. The highest BCUT2D eigenvalue weighted by atomic mass is 32.2. The molecule has 1 N–H and O–H groups in total. The maximum atomic E-state index is 11.7. The molecule has 0 aromatic carbocycles. The zero-order valence-electron chi connectivity index (χ0n) is 11.9. The fourth-order valence-electron chi connectivity index (χ4n) is 1.45. The van der Waals surface area contributed by atoms with Gasteiger partial charge in [0.1, 0.15) is 0 Å². The molecule has 2 aromatic heterocycles. The lowest BCUT2D eigenvalue weighted by molar-refractivity contribution is -0.118. The van der Waals surface area contributed by atoms with Crippen LogP contribution in [0.1, 0.15) is 31.5 Å². The molecule has 0 bridgehead atoms. The second-order valence-corrected chi connectivity index (χ2v) is 5.56. The standard InChI is InChI=1S/C13H17N5O2S/c1-9(2)12-17-11(20-18-12)4-7-14-10(19)8-21-13-15-5-3-6-16-13/h3,5-6,9H,4,7-8H2,1-2H3,(H,14,19). The Bertz CT molecular complexity index is 573. The summed E-state index contributed by atoms with van der Waals surface area (Å²) in [5.41, 5.74) is 0. The van der Waals surface area contributed by atoms with Crippen molar-refractivity contribution in [3.63, 3.8) is 0 Å². The third-order valence-electron chi connectivity index (χ3n) is 2.54. The quantitative estimate of drug-likeness (QED) is 0.611. The van der Waals surface area contributed by atoms with Crippen LogP contribution in [0.15, 0.2) is 28.1 Å². The molecule has 2 aromatic rings. The van der Waals surface area contributed by atoms with Gasteiger partial charge in [-0.25, -0.2) is 9.97 Å². The van der Waals surface area contributed by atoms with Crippen LogP contribution in [0.2, 0.25) is 0 Å². The Morgan fingerprint density at radius 1 is 1.38 bits per heavy atom. The van der Waals surface area contributed by atoms with Gasteiger partial charge in [-0.2, -0.15) is 4.98 Å². The topological polar surface area (TPSA) is 93.8 Å². The average Bonchev–Trinajstić information content (AvgIpc) is 2.95. The number of hydrogen-bond donors (Lipinski definition) is 1. The van der Waals surface area contributed by atoms with Gasteiger partial charge in [0.05, 0.1) is 5.75 Å². The van der Waals surface area contributed by atoms with E-state index in [4.69, 9.17) is 4.52 Å². The Morgan fingerprint density at radius 2 is 2.14 bits per heavy atom. The molecule has 112 valence electrons. The highest BCUT2D eigenvalue weighted by Crippen LogP contribution is 2.10. The van der Waals surface area contributed by atoms with Crippen molar-refractivity contribution in [1.29, 1.82) is 0 Å². The number of amides is 1. The molecule has 2 heterocycles. The predicted octanol–water partition coefficient (Wildman–Crippen LogP) is 1.43. The van der Waals surface area contributed by atoms with Gasteiger partial charge in [-0.3, -0.25) is 4.79 Å². The van der Waals surface area contributed by atoms with E-state index in [-0.39, 0.29) is 17.6 Å². The largest absolute Gasteiger partial charge is 0.355 e. The van der Waals surface area contributed by atoms with E-state index in [0.717, 1.165) is 0 Å². The number of thioether (sulfide) groups is 1. The summed E-state index contributed by atoms with van der Waals surface area (Å²) in [6, 6.07) is 1.74. The number of rotatable bonds is 7. The van der Waals surface area contributed by atoms with Crippen LogP contribution >= 0.6 is 11.8 Å². The van der Waals surface area contributed by atoms with Crippen molar-refractivity contribution in [3.05, 3.63) is 30.2 Å². The third-order valence-corrected chi connectivity index (χ3v) is 3.41. The normalized spacial score (nSPS) is 10.8. The lowest BCUT2D eigenvalue weighted by Crippen LogP contribution is -2.27. The van der Waals surface area contributed by atoms with Crippen molar-refractivity contribution in [2.24, 2.45) is 0 Å². The molecule has 0 fully saturated rings. The van der Waals surface area contributed by atoms with Crippen LogP contribution in [-0.4, -0.2) is 38.3 Å². The maximum absolute atomic E-state index is 11.7. The lowest BCUT2D eigenvalue weighted by atomic mass is 10.2. The molecule has 0 saturated heterocycles. The van der Waals surface area contributed by atoms with E-state index in [9.17, 15) is 4.79 Å². The lowest BCUT2D eigenvalue weighted by Gasteiger charge is -2.02. The van der Waals surface area contributed by atoms with Gasteiger partial charge in [-0.15, -0.1) is 0 Å². The second-order valence-electron chi connectivity index (χ2n) is 4.62. The fraction of sp³-hybridized carbons (Fsp3) is 0.462. The Morgan fingerprint density at radius 3 is 2.81 bits per heavy atom. The Hall–Kier alpha value is -1.96. The van der Waals surface area contributed by atoms with Gasteiger partial charge in [0.15, 0.2) is 11.0 Å². The summed E-state index contributed by atoms with van der Waals surface area (Å²) in [5, 5.41) is 7.26. The molecule has 1 amide bonds. The second kappa shape index (κ2) is 7.72. The molecule has 21 heavy (non-hydrogen) atoms. The minimum absolute atomic E-state index is 0.0731. The fourth-order valence-corrected chi connectivity index (χ4v) is 2.09. The molecule has 8 heteroatoms. The number of carbonyl (C=O) groups excluding carboxylic acids is 1. The summed E-state index contributed by atoms with van der Waals surface area (Å²) in [5.74, 6) is 1.67. The Balaban J connectivity index is 1.67. The summed E-state index contributed by atoms with van der Waals surface area (Å²) >= 11 is 1.30. The molecule has 0 radical (unpaired) electrons. The number of nitrogens with one attached hydrogen (secondary N) is 1. The number of nitrogens with zero attached hydrogens (tertiary/aromatic N) is 4. The van der Waals surface area contributed by atoms with Gasteiger partial charge in [0, 0.05) is 31.3 Å². The summed E-state index contributed by atoms with van der Waals surface area (Å²) in [6.07, 6.45) is 3.82. The Kier molecular flexibility index (Phi) is 5.68. The minimum Gasteiger partial charge on any atom is -0.355 e. The van der Waals surface area contributed by atoms with Crippen LogP contribution in [-0.2, 0) is 11.2 Å². The number of carbonyl (C=O) groups is 1.